The highest BCUT2D eigenvalue weighted by molar-refractivity contribution is 5.55. The minimum absolute atomic E-state index is 0.615. The van der Waals surface area contributed by atoms with Crippen molar-refractivity contribution in [2.75, 3.05) is 11.9 Å². The van der Waals surface area contributed by atoms with Crippen LogP contribution in [0.5, 0.6) is 0 Å². The zero-order valence-electron chi connectivity index (χ0n) is 10.2. The summed E-state index contributed by atoms with van der Waals surface area (Å²) in [6.45, 7) is 5.28. The molecule has 2 aromatic rings. The van der Waals surface area contributed by atoms with Crippen molar-refractivity contribution in [1.82, 2.24) is 9.97 Å². The molecule has 0 atom stereocenters. The summed E-state index contributed by atoms with van der Waals surface area (Å²) in [5.74, 6) is 1.38. The maximum atomic E-state index is 4.35. The van der Waals surface area contributed by atoms with E-state index in [2.05, 4.69) is 29.1 Å². The number of aromatic nitrogens is 2. The average Bonchev–Trinajstić information content (AvgIpc) is 2.38. The lowest BCUT2D eigenvalue weighted by Crippen LogP contribution is -2.08. The number of benzene rings is 1. The molecule has 2 rings (SSSR count). The molecule has 0 fully saturated rings. The van der Waals surface area contributed by atoms with Crippen LogP contribution >= 0.6 is 0 Å². The number of hydrogen-bond donors (Lipinski definition) is 1. The first-order valence-electron chi connectivity index (χ1n) is 5.87. The van der Waals surface area contributed by atoms with Crippen LogP contribution in [0.3, 0.4) is 0 Å². The summed E-state index contributed by atoms with van der Waals surface area (Å²) >= 11 is 0. The van der Waals surface area contributed by atoms with Crippen molar-refractivity contribution in [2.24, 2.45) is 5.92 Å². The van der Waals surface area contributed by atoms with Gasteiger partial charge >= 0.3 is 0 Å². The van der Waals surface area contributed by atoms with E-state index in [1.54, 1.807) is 0 Å². The minimum atomic E-state index is 0.615. The smallest absolute Gasteiger partial charge is 0.159 e. The molecule has 1 heterocycles. The third kappa shape index (κ3) is 3.28. The molecule has 0 amide bonds. The molecule has 0 radical (unpaired) electrons. The zero-order valence-corrected chi connectivity index (χ0v) is 10.2. The van der Waals surface area contributed by atoms with Crippen LogP contribution in [0.1, 0.15) is 13.8 Å². The van der Waals surface area contributed by atoms with Gasteiger partial charge in [-0.3, -0.25) is 0 Å². The Morgan fingerprint density at radius 2 is 1.71 bits per heavy atom. The topological polar surface area (TPSA) is 37.8 Å². The molecule has 1 N–H and O–H groups in total. The summed E-state index contributed by atoms with van der Waals surface area (Å²) in [5.41, 5.74) is 2.02. The fourth-order valence-corrected chi connectivity index (χ4v) is 1.48. The first-order valence-corrected chi connectivity index (χ1v) is 5.87. The fourth-order valence-electron chi connectivity index (χ4n) is 1.48. The Morgan fingerprint density at radius 1 is 1.06 bits per heavy atom. The molecule has 0 saturated carbocycles. The molecule has 1 aromatic carbocycles. The standard InChI is InChI=1S/C14H17N3/c1-11(2)8-15-13-9-16-14(17-10-13)12-6-4-3-5-7-12/h3-7,9-11,15H,8H2,1-2H3. The Balaban J connectivity index is 2.08. The Labute approximate surface area is 102 Å². The van der Waals surface area contributed by atoms with Gasteiger partial charge in [0.1, 0.15) is 0 Å². The second kappa shape index (κ2) is 5.43. The SMILES string of the molecule is CC(C)CNc1cnc(-c2ccccc2)nc1. The highest BCUT2D eigenvalue weighted by Gasteiger charge is 2.00. The Kier molecular flexibility index (Phi) is 3.70. The largest absolute Gasteiger partial charge is 0.382 e. The third-order valence-corrected chi connectivity index (χ3v) is 2.40. The first kappa shape index (κ1) is 11.6. The van der Waals surface area contributed by atoms with Crippen LogP contribution in [0.25, 0.3) is 11.4 Å². The van der Waals surface area contributed by atoms with Crippen LogP contribution < -0.4 is 5.32 Å². The van der Waals surface area contributed by atoms with Crippen molar-refractivity contribution in [1.29, 1.82) is 0 Å². The molecule has 0 saturated heterocycles. The van der Waals surface area contributed by atoms with Gasteiger partial charge < -0.3 is 5.32 Å². The highest BCUT2D eigenvalue weighted by Crippen LogP contribution is 2.14. The molecule has 17 heavy (non-hydrogen) atoms. The minimum Gasteiger partial charge on any atom is -0.382 e. The van der Waals surface area contributed by atoms with Crippen LogP contribution in [-0.4, -0.2) is 16.5 Å². The Hall–Kier alpha value is -1.90. The Bertz CT molecular complexity index is 449. The summed E-state index contributed by atoms with van der Waals surface area (Å²) in [5, 5.41) is 3.30. The number of hydrogen-bond acceptors (Lipinski definition) is 3. The van der Waals surface area contributed by atoms with Crippen LogP contribution in [0.2, 0.25) is 0 Å². The lowest BCUT2D eigenvalue weighted by molar-refractivity contribution is 0.688. The van der Waals surface area contributed by atoms with Crippen LogP contribution in [0.15, 0.2) is 42.7 Å². The van der Waals surface area contributed by atoms with E-state index in [0.29, 0.717) is 5.92 Å². The van der Waals surface area contributed by atoms with E-state index >= 15 is 0 Å². The number of anilines is 1. The van der Waals surface area contributed by atoms with Crippen molar-refractivity contribution in [3.8, 4) is 11.4 Å². The number of nitrogens with zero attached hydrogens (tertiary/aromatic N) is 2. The van der Waals surface area contributed by atoms with Crippen molar-refractivity contribution in [3.05, 3.63) is 42.7 Å². The van der Waals surface area contributed by atoms with Crippen LogP contribution in [0.4, 0.5) is 5.69 Å². The summed E-state index contributed by atoms with van der Waals surface area (Å²) in [4.78, 5) is 8.71. The van der Waals surface area contributed by atoms with Gasteiger partial charge in [0.25, 0.3) is 0 Å². The van der Waals surface area contributed by atoms with E-state index in [4.69, 9.17) is 0 Å². The van der Waals surface area contributed by atoms with Crippen molar-refractivity contribution in [2.45, 2.75) is 13.8 Å². The van der Waals surface area contributed by atoms with Gasteiger partial charge in [0, 0.05) is 12.1 Å². The molecule has 3 nitrogen and oxygen atoms in total. The van der Waals surface area contributed by atoms with E-state index in [-0.39, 0.29) is 0 Å². The fraction of sp³-hybridized carbons (Fsp3) is 0.286. The second-order valence-electron chi connectivity index (χ2n) is 4.44. The summed E-state index contributed by atoms with van der Waals surface area (Å²) < 4.78 is 0. The van der Waals surface area contributed by atoms with Gasteiger partial charge in [-0.25, -0.2) is 9.97 Å². The van der Waals surface area contributed by atoms with Gasteiger partial charge in [0.05, 0.1) is 18.1 Å². The van der Waals surface area contributed by atoms with E-state index in [1.165, 1.54) is 0 Å². The van der Waals surface area contributed by atoms with Crippen molar-refractivity contribution >= 4 is 5.69 Å². The quantitative estimate of drug-likeness (QED) is 0.871. The maximum Gasteiger partial charge on any atom is 0.159 e. The molecule has 0 unspecified atom stereocenters. The van der Waals surface area contributed by atoms with Gasteiger partial charge in [-0.2, -0.15) is 0 Å². The van der Waals surface area contributed by atoms with E-state index in [9.17, 15) is 0 Å². The van der Waals surface area contributed by atoms with E-state index < -0.39 is 0 Å². The lowest BCUT2D eigenvalue weighted by Gasteiger charge is -2.08. The van der Waals surface area contributed by atoms with E-state index in [0.717, 1.165) is 23.6 Å². The molecule has 0 aliphatic rings. The number of nitrogens with one attached hydrogen (secondary N) is 1. The molecule has 88 valence electrons. The predicted octanol–water partition coefficient (Wildman–Crippen LogP) is 3.21. The second-order valence-corrected chi connectivity index (χ2v) is 4.44. The lowest BCUT2D eigenvalue weighted by atomic mass is 10.2. The monoisotopic (exact) mass is 227 g/mol. The van der Waals surface area contributed by atoms with E-state index in [1.807, 2.05) is 42.7 Å². The molecule has 0 aliphatic heterocycles. The molecular formula is C14H17N3. The number of rotatable bonds is 4. The average molecular weight is 227 g/mol. The van der Waals surface area contributed by atoms with Gasteiger partial charge in [0.2, 0.25) is 0 Å². The Morgan fingerprint density at radius 3 is 2.29 bits per heavy atom. The summed E-state index contributed by atoms with van der Waals surface area (Å²) in [7, 11) is 0. The highest BCUT2D eigenvalue weighted by atomic mass is 14.9. The molecule has 0 bridgehead atoms. The summed E-state index contributed by atoms with van der Waals surface area (Å²) in [6.07, 6.45) is 3.66. The molecule has 0 spiro atoms. The van der Waals surface area contributed by atoms with Crippen LogP contribution in [0, 0.1) is 5.92 Å². The van der Waals surface area contributed by atoms with Crippen molar-refractivity contribution < 1.29 is 0 Å². The van der Waals surface area contributed by atoms with Gasteiger partial charge in [-0.05, 0) is 5.92 Å². The van der Waals surface area contributed by atoms with Crippen molar-refractivity contribution in [3.63, 3.8) is 0 Å². The van der Waals surface area contributed by atoms with Gasteiger partial charge in [0.15, 0.2) is 5.82 Å². The normalized spacial score (nSPS) is 10.5. The first-order chi connectivity index (χ1) is 8.25. The maximum absolute atomic E-state index is 4.35. The van der Waals surface area contributed by atoms with Crippen LogP contribution in [-0.2, 0) is 0 Å². The molecular weight excluding hydrogens is 210 g/mol. The third-order valence-electron chi connectivity index (χ3n) is 2.40. The molecule has 3 heteroatoms. The molecule has 1 aromatic heterocycles. The zero-order chi connectivity index (χ0) is 12.1. The van der Waals surface area contributed by atoms with Gasteiger partial charge in [-0.15, -0.1) is 0 Å². The molecule has 0 aliphatic carbocycles. The van der Waals surface area contributed by atoms with Gasteiger partial charge in [-0.1, -0.05) is 44.2 Å². The predicted molar refractivity (Wildman–Crippen MR) is 70.8 cm³/mol. The summed E-state index contributed by atoms with van der Waals surface area (Å²) in [6, 6.07) is 9.99.